The van der Waals surface area contributed by atoms with Gasteiger partial charge in [-0.05, 0) is 30.5 Å². The molecule has 4 nitrogen and oxygen atoms in total. The highest BCUT2D eigenvalue weighted by Gasteiger charge is 2.28. The number of nitrogens with one attached hydrogen (secondary N) is 2. The van der Waals surface area contributed by atoms with Crippen LogP contribution in [0.15, 0.2) is 30.6 Å². The number of H-pyrrole nitrogens is 1. The molecule has 3 rings (SSSR count). The van der Waals surface area contributed by atoms with Gasteiger partial charge in [0.2, 0.25) is 0 Å². The van der Waals surface area contributed by atoms with Gasteiger partial charge in [-0.25, -0.2) is 0 Å². The molecule has 0 bridgehead atoms. The number of carbonyl (C=O) groups excluding carboxylic acids is 1. The van der Waals surface area contributed by atoms with Crippen LogP contribution in [0.3, 0.4) is 0 Å². The zero-order valence-corrected chi connectivity index (χ0v) is 11.8. The summed E-state index contributed by atoms with van der Waals surface area (Å²) in [6.45, 7) is 5.14. The van der Waals surface area contributed by atoms with E-state index < -0.39 is 0 Å². The Balaban J connectivity index is 2.00. The topological polar surface area (TPSA) is 57.8 Å². The van der Waals surface area contributed by atoms with Crippen molar-refractivity contribution in [2.75, 3.05) is 6.54 Å². The van der Waals surface area contributed by atoms with Crippen molar-refractivity contribution in [2.24, 2.45) is 5.92 Å². The molecule has 2 aromatic rings. The predicted octanol–water partition coefficient (Wildman–Crippen LogP) is 2.95. The predicted molar refractivity (Wildman–Crippen MR) is 78.6 cm³/mol. The molecule has 0 fully saturated rings. The molecule has 2 N–H and O–H groups in total. The molecule has 1 aliphatic heterocycles. The van der Waals surface area contributed by atoms with E-state index >= 15 is 0 Å². The molecule has 1 aliphatic rings. The minimum absolute atomic E-state index is 0.0246. The summed E-state index contributed by atoms with van der Waals surface area (Å²) in [7, 11) is 0. The second-order valence-corrected chi connectivity index (χ2v) is 5.78. The van der Waals surface area contributed by atoms with Crippen LogP contribution >= 0.6 is 0 Å². The molecule has 0 unspecified atom stereocenters. The number of hydrogen-bond acceptors (Lipinski definition) is 2. The fourth-order valence-electron chi connectivity index (χ4n) is 2.85. The highest BCUT2D eigenvalue weighted by Crippen LogP contribution is 2.32. The van der Waals surface area contributed by atoms with Gasteiger partial charge in [-0.1, -0.05) is 13.8 Å². The lowest BCUT2D eigenvalue weighted by atomic mass is 9.89. The average Bonchev–Trinajstić information content (AvgIpc) is 2.89. The minimum atomic E-state index is 0.0246. The zero-order valence-electron chi connectivity index (χ0n) is 11.8. The van der Waals surface area contributed by atoms with Crippen LogP contribution in [0.5, 0.6) is 0 Å². The molecule has 0 aliphatic carbocycles. The number of carbonyl (C=O) groups is 1. The molecule has 1 amide bonds. The molecular formula is C16H19N3O. The van der Waals surface area contributed by atoms with Crippen molar-refractivity contribution in [3.05, 3.63) is 41.9 Å². The molecule has 0 spiro atoms. The van der Waals surface area contributed by atoms with Crippen molar-refractivity contribution in [2.45, 2.75) is 26.2 Å². The third-order valence-corrected chi connectivity index (χ3v) is 3.76. The van der Waals surface area contributed by atoms with E-state index in [-0.39, 0.29) is 5.91 Å². The van der Waals surface area contributed by atoms with Crippen LogP contribution in [-0.2, 0) is 0 Å². The third kappa shape index (κ3) is 2.33. The van der Waals surface area contributed by atoms with Gasteiger partial charge < -0.3 is 10.3 Å². The first-order valence-electron chi connectivity index (χ1n) is 7.06. The summed E-state index contributed by atoms with van der Waals surface area (Å²) in [5.74, 6) is 1.00. The van der Waals surface area contributed by atoms with Crippen LogP contribution in [0.4, 0.5) is 0 Å². The van der Waals surface area contributed by atoms with E-state index in [1.54, 1.807) is 12.4 Å². The largest absolute Gasteiger partial charge is 0.357 e. The van der Waals surface area contributed by atoms with Gasteiger partial charge >= 0.3 is 0 Å². The van der Waals surface area contributed by atoms with Crippen molar-refractivity contribution in [3.8, 4) is 11.3 Å². The highest BCUT2D eigenvalue weighted by atomic mass is 16.1. The molecule has 0 aromatic carbocycles. The summed E-state index contributed by atoms with van der Waals surface area (Å²) in [5.41, 5.74) is 3.91. The Morgan fingerprint density at radius 1 is 1.35 bits per heavy atom. The number of aromatic amines is 1. The van der Waals surface area contributed by atoms with Crippen molar-refractivity contribution in [3.63, 3.8) is 0 Å². The summed E-state index contributed by atoms with van der Waals surface area (Å²) in [5, 5.41) is 2.99. The van der Waals surface area contributed by atoms with Crippen LogP contribution in [0.25, 0.3) is 11.3 Å². The lowest BCUT2D eigenvalue weighted by molar-refractivity contribution is 0.0938. The number of hydrogen-bond donors (Lipinski definition) is 2. The van der Waals surface area contributed by atoms with Gasteiger partial charge in [0.25, 0.3) is 5.91 Å². The number of nitrogens with zero attached hydrogens (tertiary/aromatic N) is 1. The van der Waals surface area contributed by atoms with Crippen LogP contribution in [0.2, 0.25) is 0 Å². The Bertz CT molecular complexity index is 616. The molecule has 2 aromatic heterocycles. The molecule has 0 radical (unpaired) electrons. The lowest BCUT2D eigenvalue weighted by Crippen LogP contribution is -2.35. The maximum absolute atomic E-state index is 12.0. The Morgan fingerprint density at radius 2 is 2.10 bits per heavy atom. The Labute approximate surface area is 118 Å². The summed E-state index contributed by atoms with van der Waals surface area (Å²) < 4.78 is 0. The second kappa shape index (κ2) is 5.12. The molecule has 104 valence electrons. The van der Waals surface area contributed by atoms with E-state index in [0.717, 1.165) is 35.5 Å². The Hall–Kier alpha value is -2.10. The summed E-state index contributed by atoms with van der Waals surface area (Å²) in [6, 6.07) is 5.85. The van der Waals surface area contributed by atoms with Gasteiger partial charge in [0.1, 0.15) is 0 Å². The van der Waals surface area contributed by atoms with E-state index in [9.17, 15) is 4.79 Å². The van der Waals surface area contributed by atoms with Crippen LogP contribution < -0.4 is 5.32 Å². The van der Waals surface area contributed by atoms with Crippen molar-refractivity contribution in [1.29, 1.82) is 0 Å². The average molecular weight is 269 g/mol. The summed E-state index contributed by atoms with van der Waals surface area (Å²) in [4.78, 5) is 19.5. The lowest BCUT2D eigenvalue weighted by Gasteiger charge is -2.24. The van der Waals surface area contributed by atoms with Gasteiger partial charge in [-0.15, -0.1) is 0 Å². The van der Waals surface area contributed by atoms with E-state index in [4.69, 9.17) is 0 Å². The van der Waals surface area contributed by atoms with Crippen LogP contribution in [-0.4, -0.2) is 22.4 Å². The maximum Gasteiger partial charge on any atom is 0.253 e. The zero-order chi connectivity index (χ0) is 14.1. The maximum atomic E-state index is 12.0. The van der Waals surface area contributed by atoms with E-state index in [0.29, 0.717) is 11.8 Å². The van der Waals surface area contributed by atoms with Gasteiger partial charge in [0, 0.05) is 41.8 Å². The molecule has 3 heterocycles. The van der Waals surface area contributed by atoms with Crippen LogP contribution in [0, 0.1) is 5.92 Å². The van der Waals surface area contributed by atoms with E-state index in [1.165, 1.54) is 0 Å². The number of amides is 1. The summed E-state index contributed by atoms with van der Waals surface area (Å²) in [6.07, 6.45) is 4.60. The molecule has 0 saturated carbocycles. The molecule has 20 heavy (non-hydrogen) atoms. The molecule has 1 atom stereocenters. The second-order valence-electron chi connectivity index (χ2n) is 5.78. The first kappa shape index (κ1) is 12.9. The first-order chi connectivity index (χ1) is 9.65. The summed E-state index contributed by atoms with van der Waals surface area (Å²) >= 11 is 0. The standard InChI is InChI=1S/C16H19N3O/c1-10(2)7-12-9-18-16(20)13-8-14(19-15(12)13)11-3-5-17-6-4-11/h3-6,8,10,12,19H,7,9H2,1-2H3,(H,18,20)/t12-/m1/s1. The van der Waals surface area contributed by atoms with Gasteiger partial charge in [-0.2, -0.15) is 0 Å². The first-order valence-corrected chi connectivity index (χ1v) is 7.06. The molecule has 4 heteroatoms. The van der Waals surface area contributed by atoms with Crippen LogP contribution in [0.1, 0.15) is 42.2 Å². The van der Waals surface area contributed by atoms with Gasteiger partial charge in [-0.3, -0.25) is 9.78 Å². The normalized spacial score (nSPS) is 17.9. The number of pyridine rings is 1. The SMILES string of the molecule is CC(C)C[C@@H]1CNC(=O)c2cc(-c3ccncc3)[nH]c21. The third-order valence-electron chi connectivity index (χ3n) is 3.76. The fraction of sp³-hybridized carbons (Fsp3) is 0.375. The fourth-order valence-corrected chi connectivity index (χ4v) is 2.85. The minimum Gasteiger partial charge on any atom is -0.357 e. The monoisotopic (exact) mass is 269 g/mol. The van der Waals surface area contributed by atoms with Gasteiger partial charge in [0.05, 0.1) is 5.56 Å². The quantitative estimate of drug-likeness (QED) is 0.900. The highest BCUT2D eigenvalue weighted by molar-refractivity contribution is 5.98. The number of fused-ring (bicyclic) bond motifs is 1. The molecule has 0 saturated heterocycles. The Morgan fingerprint density at radius 3 is 2.80 bits per heavy atom. The number of aromatic nitrogens is 2. The smallest absolute Gasteiger partial charge is 0.253 e. The van der Waals surface area contributed by atoms with Crippen molar-refractivity contribution in [1.82, 2.24) is 15.3 Å². The Kier molecular flexibility index (Phi) is 3.30. The number of rotatable bonds is 3. The molecular weight excluding hydrogens is 250 g/mol. The van der Waals surface area contributed by atoms with E-state index in [1.807, 2.05) is 18.2 Å². The van der Waals surface area contributed by atoms with Crippen molar-refractivity contribution < 1.29 is 4.79 Å². The van der Waals surface area contributed by atoms with Gasteiger partial charge in [0.15, 0.2) is 0 Å². The van der Waals surface area contributed by atoms with E-state index in [2.05, 4.69) is 29.1 Å². The van der Waals surface area contributed by atoms with Crippen molar-refractivity contribution >= 4 is 5.91 Å².